The number of carbonyl (C=O) groups is 1. The van der Waals surface area contributed by atoms with Gasteiger partial charge in [-0.2, -0.15) is 5.10 Å². The molecule has 1 unspecified atom stereocenters. The normalized spacial score (nSPS) is 13.3. The minimum absolute atomic E-state index is 0.0156. The number of hydrogen-bond acceptors (Lipinski definition) is 2. The number of aromatic nitrogens is 2. The molecule has 1 aromatic heterocycles. The molecule has 0 aliphatic heterocycles. The van der Waals surface area contributed by atoms with E-state index in [1.54, 1.807) is 6.20 Å². The Morgan fingerprint density at radius 1 is 1.07 bits per heavy atom. The first-order valence-electron chi connectivity index (χ1n) is 9.12. The fourth-order valence-corrected chi connectivity index (χ4v) is 3.51. The van der Waals surface area contributed by atoms with Gasteiger partial charge in [0.05, 0.1) is 0 Å². The minimum atomic E-state index is -0.831. The van der Waals surface area contributed by atoms with E-state index in [-0.39, 0.29) is 11.9 Å². The standard InChI is InChI=1S/C22H24ClN3O/c1-17(2)25-21(27)22(18-7-4-3-5-8-18,13-16-26-15-6-14-24-26)19-9-11-20(23)12-10-19/h3-12,14-15,17H,13,16H2,1-2H3,(H,25,27). The molecule has 3 aromatic rings. The molecular formula is C22H24ClN3O. The van der Waals surface area contributed by atoms with Gasteiger partial charge in [0, 0.05) is 30.0 Å². The van der Waals surface area contributed by atoms with Crippen molar-refractivity contribution in [3.63, 3.8) is 0 Å². The summed E-state index contributed by atoms with van der Waals surface area (Å²) in [5.74, 6) is -0.0156. The Kier molecular flexibility index (Phi) is 5.97. The van der Waals surface area contributed by atoms with Crippen molar-refractivity contribution in [3.05, 3.63) is 89.2 Å². The number of rotatable bonds is 7. The van der Waals surface area contributed by atoms with Gasteiger partial charge in [-0.1, -0.05) is 54.1 Å². The zero-order chi connectivity index (χ0) is 19.3. The molecule has 0 aliphatic rings. The summed E-state index contributed by atoms with van der Waals surface area (Å²) >= 11 is 6.12. The molecule has 1 atom stereocenters. The first kappa shape index (κ1) is 19.2. The lowest BCUT2D eigenvalue weighted by atomic mass is 9.71. The van der Waals surface area contributed by atoms with Crippen LogP contribution >= 0.6 is 11.6 Å². The van der Waals surface area contributed by atoms with Gasteiger partial charge in [-0.25, -0.2) is 0 Å². The Bertz CT molecular complexity index is 860. The van der Waals surface area contributed by atoms with E-state index in [4.69, 9.17) is 11.6 Å². The lowest BCUT2D eigenvalue weighted by Gasteiger charge is -2.34. The number of aryl methyl sites for hydroxylation is 1. The largest absolute Gasteiger partial charge is 0.353 e. The number of amides is 1. The van der Waals surface area contributed by atoms with Crippen LogP contribution in [0.1, 0.15) is 31.4 Å². The third-order valence-electron chi connectivity index (χ3n) is 4.69. The van der Waals surface area contributed by atoms with Gasteiger partial charge in [0.25, 0.3) is 0 Å². The number of nitrogens with one attached hydrogen (secondary N) is 1. The highest BCUT2D eigenvalue weighted by Crippen LogP contribution is 2.37. The number of benzene rings is 2. The van der Waals surface area contributed by atoms with Crippen LogP contribution < -0.4 is 5.32 Å². The molecule has 27 heavy (non-hydrogen) atoms. The second-order valence-corrected chi connectivity index (χ2v) is 7.36. The zero-order valence-corrected chi connectivity index (χ0v) is 16.4. The molecule has 5 heteroatoms. The lowest BCUT2D eigenvalue weighted by Crippen LogP contribution is -2.48. The SMILES string of the molecule is CC(C)NC(=O)C(CCn1cccn1)(c1ccccc1)c1ccc(Cl)cc1. The van der Waals surface area contributed by atoms with E-state index in [1.165, 1.54) is 0 Å². The Morgan fingerprint density at radius 3 is 2.33 bits per heavy atom. The number of nitrogens with zero attached hydrogens (tertiary/aromatic N) is 2. The maximum Gasteiger partial charge on any atom is 0.235 e. The van der Waals surface area contributed by atoms with E-state index < -0.39 is 5.41 Å². The molecule has 0 spiro atoms. The smallest absolute Gasteiger partial charge is 0.235 e. The highest BCUT2D eigenvalue weighted by Gasteiger charge is 2.42. The fourth-order valence-electron chi connectivity index (χ4n) is 3.39. The average Bonchev–Trinajstić information content (AvgIpc) is 3.17. The van der Waals surface area contributed by atoms with E-state index in [1.807, 2.05) is 85.4 Å². The number of carbonyl (C=O) groups excluding carboxylic acids is 1. The van der Waals surface area contributed by atoms with Crippen molar-refractivity contribution >= 4 is 17.5 Å². The molecular weight excluding hydrogens is 358 g/mol. The maximum atomic E-state index is 13.5. The van der Waals surface area contributed by atoms with E-state index in [0.717, 1.165) is 11.1 Å². The summed E-state index contributed by atoms with van der Waals surface area (Å²) in [5, 5.41) is 8.08. The van der Waals surface area contributed by atoms with E-state index >= 15 is 0 Å². The molecule has 4 nitrogen and oxygen atoms in total. The van der Waals surface area contributed by atoms with Crippen LogP contribution in [-0.4, -0.2) is 21.7 Å². The number of halogens is 1. The molecule has 0 aliphatic carbocycles. The van der Waals surface area contributed by atoms with Crippen molar-refractivity contribution in [2.24, 2.45) is 0 Å². The van der Waals surface area contributed by atoms with Gasteiger partial charge < -0.3 is 5.32 Å². The van der Waals surface area contributed by atoms with Crippen LogP contribution in [0.5, 0.6) is 0 Å². The van der Waals surface area contributed by atoms with Crippen molar-refractivity contribution in [3.8, 4) is 0 Å². The Balaban J connectivity index is 2.13. The summed E-state index contributed by atoms with van der Waals surface area (Å²) in [4.78, 5) is 13.5. The summed E-state index contributed by atoms with van der Waals surface area (Å²) in [5.41, 5.74) is 1.04. The molecule has 0 saturated heterocycles. The monoisotopic (exact) mass is 381 g/mol. The summed E-state index contributed by atoms with van der Waals surface area (Å²) in [6, 6.07) is 19.4. The fraction of sp³-hybridized carbons (Fsp3) is 0.273. The molecule has 0 saturated carbocycles. The molecule has 140 valence electrons. The molecule has 3 rings (SSSR count). The summed E-state index contributed by atoms with van der Waals surface area (Å²) in [7, 11) is 0. The maximum absolute atomic E-state index is 13.5. The van der Waals surface area contributed by atoms with Crippen LogP contribution in [0.15, 0.2) is 73.1 Å². The summed E-state index contributed by atoms with van der Waals surface area (Å²) < 4.78 is 1.86. The van der Waals surface area contributed by atoms with Crippen LogP contribution in [0.3, 0.4) is 0 Å². The van der Waals surface area contributed by atoms with Gasteiger partial charge in [0.2, 0.25) is 5.91 Å². The van der Waals surface area contributed by atoms with E-state index in [2.05, 4.69) is 10.4 Å². The van der Waals surface area contributed by atoms with Crippen LogP contribution in [0.2, 0.25) is 5.02 Å². The molecule has 1 amide bonds. The highest BCUT2D eigenvalue weighted by atomic mass is 35.5. The molecule has 2 aromatic carbocycles. The first-order valence-corrected chi connectivity index (χ1v) is 9.50. The first-order chi connectivity index (χ1) is 13.0. The second-order valence-electron chi connectivity index (χ2n) is 6.93. The van der Waals surface area contributed by atoms with Crippen LogP contribution in [0, 0.1) is 0 Å². The third-order valence-corrected chi connectivity index (χ3v) is 4.94. The Hall–Kier alpha value is -2.59. The predicted octanol–water partition coefficient (Wildman–Crippen LogP) is 4.44. The summed E-state index contributed by atoms with van der Waals surface area (Å²) in [6.45, 7) is 4.57. The van der Waals surface area contributed by atoms with Crippen LogP contribution in [0.4, 0.5) is 0 Å². The van der Waals surface area contributed by atoms with Crippen LogP contribution in [-0.2, 0) is 16.8 Å². The quantitative estimate of drug-likeness (QED) is 0.657. The topological polar surface area (TPSA) is 46.9 Å². The van der Waals surface area contributed by atoms with Gasteiger partial charge in [-0.3, -0.25) is 9.48 Å². The van der Waals surface area contributed by atoms with Crippen molar-refractivity contribution in [2.45, 2.75) is 38.3 Å². The average molecular weight is 382 g/mol. The van der Waals surface area contributed by atoms with Crippen LogP contribution in [0.25, 0.3) is 0 Å². The Morgan fingerprint density at radius 2 is 1.74 bits per heavy atom. The van der Waals surface area contributed by atoms with Crippen molar-refractivity contribution < 1.29 is 4.79 Å². The van der Waals surface area contributed by atoms with Gasteiger partial charge in [0.15, 0.2) is 0 Å². The summed E-state index contributed by atoms with van der Waals surface area (Å²) in [6.07, 6.45) is 4.25. The lowest BCUT2D eigenvalue weighted by molar-refractivity contribution is -0.126. The molecule has 0 radical (unpaired) electrons. The van der Waals surface area contributed by atoms with Crippen molar-refractivity contribution in [2.75, 3.05) is 0 Å². The van der Waals surface area contributed by atoms with E-state index in [9.17, 15) is 4.79 Å². The zero-order valence-electron chi connectivity index (χ0n) is 15.6. The third kappa shape index (κ3) is 4.22. The van der Waals surface area contributed by atoms with E-state index in [0.29, 0.717) is 18.0 Å². The number of hydrogen-bond donors (Lipinski definition) is 1. The van der Waals surface area contributed by atoms with Gasteiger partial charge in [-0.05, 0) is 49.6 Å². The molecule has 0 fully saturated rings. The second kappa shape index (κ2) is 8.40. The molecule has 1 heterocycles. The van der Waals surface area contributed by atoms with Gasteiger partial charge in [-0.15, -0.1) is 0 Å². The molecule has 0 bridgehead atoms. The van der Waals surface area contributed by atoms with Gasteiger partial charge >= 0.3 is 0 Å². The Labute approximate surface area is 165 Å². The predicted molar refractivity (Wildman–Crippen MR) is 109 cm³/mol. The highest BCUT2D eigenvalue weighted by molar-refractivity contribution is 6.30. The van der Waals surface area contributed by atoms with Crippen molar-refractivity contribution in [1.29, 1.82) is 0 Å². The molecule has 1 N–H and O–H groups in total. The minimum Gasteiger partial charge on any atom is -0.353 e. The van der Waals surface area contributed by atoms with Crippen molar-refractivity contribution in [1.82, 2.24) is 15.1 Å². The van der Waals surface area contributed by atoms with Gasteiger partial charge in [0.1, 0.15) is 5.41 Å².